The van der Waals surface area contributed by atoms with E-state index in [1.54, 1.807) is 0 Å². The molecule has 0 heterocycles. The molecule has 0 saturated carbocycles. The number of nitrogens with one attached hydrogen (secondary N) is 1. The number of nitrogens with two attached hydrogens (primary N) is 1. The van der Waals surface area contributed by atoms with E-state index in [1.807, 2.05) is 4.90 Å². The van der Waals surface area contributed by atoms with E-state index in [4.69, 9.17) is 20.6 Å². The molecule has 0 rings (SSSR count). The zero-order valence-corrected chi connectivity index (χ0v) is 13.3. The molecule has 0 fully saturated rings. The molecule has 0 aromatic carbocycles. The molecule has 20 heavy (non-hydrogen) atoms. The molecule has 120 valence electrons. The molecule has 3 N–H and O–H groups in total. The highest BCUT2D eigenvalue weighted by molar-refractivity contribution is 5.74. The van der Waals surface area contributed by atoms with E-state index >= 15 is 0 Å². The van der Waals surface area contributed by atoms with Crippen LogP contribution in [-0.4, -0.2) is 50.4 Å². The number of guanidine groups is 1. The van der Waals surface area contributed by atoms with Gasteiger partial charge in [-0.2, -0.15) is 0 Å². The van der Waals surface area contributed by atoms with Crippen molar-refractivity contribution in [1.82, 2.24) is 4.90 Å². The van der Waals surface area contributed by atoms with Gasteiger partial charge in [-0.05, 0) is 25.7 Å². The van der Waals surface area contributed by atoms with E-state index in [-0.39, 0.29) is 5.96 Å². The van der Waals surface area contributed by atoms with Gasteiger partial charge in [-0.3, -0.25) is 5.41 Å². The number of ether oxygens (including phenoxy) is 2. The van der Waals surface area contributed by atoms with E-state index < -0.39 is 0 Å². The van der Waals surface area contributed by atoms with E-state index in [1.165, 1.54) is 0 Å². The highest BCUT2D eigenvalue weighted by Gasteiger charge is 2.05. The Morgan fingerprint density at radius 2 is 1.25 bits per heavy atom. The number of nitrogens with zero attached hydrogens (tertiary/aromatic N) is 1. The van der Waals surface area contributed by atoms with E-state index in [0.29, 0.717) is 0 Å². The summed E-state index contributed by atoms with van der Waals surface area (Å²) in [6.07, 6.45) is 6.40. The van der Waals surface area contributed by atoms with Crippen LogP contribution in [0, 0.1) is 5.41 Å². The molecule has 0 aliphatic carbocycles. The smallest absolute Gasteiger partial charge is 0.188 e. The van der Waals surface area contributed by atoms with Crippen molar-refractivity contribution >= 4 is 5.96 Å². The topological polar surface area (TPSA) is 71.6 Å². The van der Waals surface area contributed by atoms with Gasteiger partial charge in [0.25, 0.3) is 0 Å². The first-order chi connectivity index (χ1) is 9.72. The highest BCUT2D eigenvalue weighted by atomic mass is 16.5. The molecule has 0 saturated heterocycles. The molecule has 0 amide bonds. The van der Waals surface area contributed by atoms with E-state index in [0.717, 1.165) is 78.0 Å². The van der Waals surface area contributed by atoms with Crippen molar-refractivity contribution in [2.24, 2.45) is 5.73 Å². The fraction of sp³-hybridized carbons (Fsp3) is 0.933. The Bertz CT molecular complexity index is 209. The van der Waals surface area contributed by atoms with Gasteiger partial charge in [0.05, 0.1) is 0 Å². The highest BCUT2D eigenvalue weighted by Crippen LogP contribution is 1.97. The molecule has 0 aromatic heterocycles. The normalized spacial score (nSPS) is 10.7. The molecule has 0 bridgehead atoms. The van der Waals surface area contributed by atoms with E-state index in [2.05, 4.69) is 13.8 Å². The Hall–Kier alpha value is -0.810. The van der Waals surface area contributed by atoms with Crippen molar-refractivity contribution in [3.63, 3.8) is 0 Å². The zero-order chi connectivity index (χ0) is 15.1. The van der Waals surface area contributed by atoms with Crippen LogP contribution in [0.2, 0.25) is 0 Å². The van der Waals surface area contributed by atoms with Crippen molar-refractivity contribution in [3.8, 4) is 0 Å². The van der Waals surface area contributed by atoms with Gasteiger partial charge >= 0.3 is 0 Å². The number of hydrogen-bond acceptors (Lipinski definition) is 3. The second kappa shape index (κ2) is 14.6. The second-order valence-electron chi connectivity index (χ2n) is 5.01. The Kier molecular flexibility index (Phi) is 14.0. The first kappa shape index (κ1) is 19.2. The van der Waals surface area contributed by atoms with Crippen LogP contribution in [-0.2, 0) is 9.47 Å². The van der Waals surface area contributed by atoms with Crippen LogP contribution >= 0.6 is 0 Å². The van der Waals surface area contributed by atoms with Gasteiger partial charge in [0.1, 0.15) is 0 Å². The molecule has 5 heteroatoms. The van der Waals surface area contributed by atoms with Crippen LogP contribution in [0.4, 0.5) is 0 Å². The molecule has 0 unspecified atom stereocenters. The van der Waals surface area contributed by atoms with Crippen molar-refractivity contribution in [1.29, 1.82) is 5.41 Å². The molecule has 0 atom stereocenters. The monoisotopic (exact) mass is 287 g/mol. The van der Waals surface area contributed by atoms with Gasteiger partial charge in [0, 0.05) is 39.5 Å². The summed E-state index contributed by atoms with van der Waals surface area (Å²) in [6.45, 7) is 9.05. The lowest BCUT2D eigenvalue weighted by atomic mass is 10.3. The summed E-state index contributed by atoms with van der Waals surface area (Å²) in [5.41, 5.74) is 5.59. The lowest BCUT2D eigenvalue weighted by molar-refractivity contribution is 0.116. The first-order valence-electron chi connectivity index (χ1n) is 7.96. The first-order valence-corrected chi connectivity index (χ1v) is 7.96. The van der Waals surface area contributed by atoms with Crippen LogP contribution in [0.1, 0.15) is 52.4 Å². The Labute approximate surface area is 124 Å². The van der Waals surface area contributed by atoms with Crippen LogP contribution in [0.5, 0.6) is 0 Å². The maximum Gasteiger partial charge on any atom is 0.188 e. The largest absolute Gasteiger partial charge is 0.381 e. The Balaban J connectivity index is 3.53. The third kappa shape index (κ3) is 12.2. The molecule has 0 spiro atoms. The summed E-state index contributed by atoms with van der Waals surface area (Å²) < 4.78 is 11.0. The summed E-state index contributed by atoms with van der Waals surface area (Å²) in [4.78, 5) is 1.90. The van der Waals surface area contributed by atoms with Crippen molar-refractivity contribution in [2.45, 2.75) is 52.4 Å². The molecule has 0 aliphatic heterocycles. The average Bonchev–Trinajstić information content (AvgIpc) is 2.43. The lowest BCUT2D eigenvalue weighted by Crippen LogP contribution is -2.38. The SMILES string of the molecule is CCCCOCCCN(CCCOCCCC)C(=N)N. The molecular weight excluding hydrogens is 254 g/mol. The third-order valence-corrected chi connectivity index (χ3v) is 3.06. The Morgan fingerprint density at radius 1 is 0.850 bits per heavy atom. The maximum atomic E-state index is 7.57. The van der Waals surface area contributed by atoms with Gasteiger partial charge in [-0.25, -0.2) is 0 Å². The van der Waals surface area contributed by atoms with Crippen LogP contribution in [0.25, 0.3) is 0 Å². The summed E-state index contributed by atoms with van der Waals surface area (Å²) in [6, 6.07) is 0. The van der Waals surface area contributed by atoms with Crippen LogP contribution in [0.3, 0.4) is 0 Å². The standard InChI is InChI=1S/C15H33N3O2/c1-3-5-11-19-13-7-9-18(15(16)17)10-8-14-20-12-6-4-2/h3-14H2,1-2H3,(H3,16,17). The van der Waals surface area contributed by atoms with Gasteiger partial charge in [-0.15, -0.1) is 0 Å². The maximum absolute atomic E-state index is 7.57. The summed E-state index contributed by atoms with van der Waals surface area (Å²) >= 11 is 0. The van der Waals surface area contributed by atoms with Crippen LogP contribution in [0.15, 0.2) is 0 Å². The quantitative estimate of drug-likeness (QED) is 0.293. The second-order valence-corrected chi connectivity index (χ2v) is 5.01. The molecule has 5 nitrogen and oxygen atoms in total. The molecular formula is C15H33N3O2. The van der Waals surface area contributed by atoms with Crippen molar-refractivity contribution < 1.29 is 9.47 Å². The average molecular weight is 287 g/mol. The van der Waals surface area contributed by atoms with Crippen molar-refractivity contribution in [3.05, 3.63) is 0 Å². The minimum atomic E-state index is 0.145. The lowest BCUT2D eigenvalue weighted by Gasteiger charge is -2.22. The summed E-state index contributed by atoms with van der Waals surface area (Å²) in [5.74, 6) is 0.145. The molecule has 0 aliphatic rings. The van der Waals surface area contributed by atoms with Gasteiger partial charge < -0.3 is 20.1 Å². The zero-order valence-electron chi connectivity index (χ0n) is 13.3. The molecule has 0 aromatic rings. The predicted octanol–water partition coefficient (Wildman–Crippen LogP) is 2.60. The summed E-state index contributed by atoms with van der Waals surface area (Å²) in [5, 5.41) is 7.57. The molecule has 0 radical (unpaired) electrons. The fourth-order valence-corrected chi connectivity index (χ4v) is 1.76. The third-order valence-electron chi connectivity index (χ3n) is 3.06. The fourth-order valence-electron chi connectivity index (χ4n) is 1.76. The predicted molar refractivity (Wildman–Crippen MR) is 84.2 cm³/mol. The minimum Gasteiger partial charge on any atom is -0.381 e. The number of hydrogen-bond donors (Lipinski definition) is 2. The van der Waals surface area contributed by atoms with Crippen LogP contribution < -0.4 is 5.73 Å². The summed E-state index contributed by atoms with van der Waals surface area (Å²) in [7, 11) is 0. The van der Waals surface area contributed by atoms with Gasteiger partial charge in [-0.1, -0.05) is 26.7 Å². The van der Waals surface area contributed by atoms with Gasteiger partial charge in [0.2, 0.25) is 0 Å². The Morgan fingerprint density at radius 3 is 1.60 bits per heavy atom. The minimum absolute atomic E-state index is 0.145. The van der Waals surface area contributed by atoms with Crippen molar-refractivity contribution in [2.75, 3.05) is 39.5 Å². The number of unbranched alkanes of at least 4 members (excludes halogenated alkanes) is 2. The van der Waals surface area contributed by atoms with Gasteiger partial charge in [0.15, 0.2) is 5.96 Å². The van der Waals surface area contributed by atoms with E-state index in [9.17, 15) is 0 Å². The number of rotatable bonds is 14.